The maximum absolute atomic E-state index is 12.6. The molecule has 4 rings (SSSR count). The van der Waals surface area contributed by atoms with Crippen molar-refractivity contribution < 1.29 is 28.6 Å². The fourth-order valence-electron chi connectivity index (χ4n) is 4.03. The number of nitrogens with one attached hydrogen (secondary N) is 1. The van der Waals surface area contributed by atoms with Gasteiger partial charge in [-0.25, -0.2) is 9.59 Å². The van der Waals surface area contributed by atoms with Gasteiger partial charge in [-0.05, 0) is 31.5 Å². The quantitative estimate of drug-likeness (QED) is 0.529. The van der Waals surface area contributed by atoms with Gasteiger partial charge in [0.15, 0.2) is 0 Å². The molecule has 2 saturated heterocycles. The maximum atomic E-state index is 12.6. The van der Waals surface area contributed by atoms with E-state index in [0.717, 1.165) is 0 Å². The summed E-state index contributed by atoms with van der Waals surface area (Å²) in [6.07, 6.45) is -0.124. The Morgan fingerprint density at radius 1 is 1.30 bits per heavy atom. The SMILES string of the molecule is COc1ccc2c(CC(=O)NC3C(=O)N4C3SC(C)(C)C4C(=O)O)cc(=O)oc2c1. The van der Waals surface area contributed by atoms with E-state index >= 15 is 0 Å². The molecule has 0 spiro atoms. The lowest BCUT2D eigenvalue weighted by atomic mass is 9.96. The Morgan fingerprint density at radius 3 is 2.70 bits per heavy atom. The molecule has 10 heteroatoms. The average Bonchev–Trinajstić information content (AvgIpc) is 2.93. The van der Waals surface area contributed by atoms with Gasteiger partial charge >= 0.3 is 11.6 Å². The van der Waals surface area contributed by atoms with Crippen LogP contribution in [-0.2, 0) is 20.8 Å². The van der Waals surface area contributed by atoms with Crippen LogP contribution in [0.3, 0.4) is 0 Å². The van der Waals surface area contributed by atoms with Crippen LogP contribution in [0.5, 0.6) is 5.75 Å². The molecule has 3 heterocycles. The number of carboxylic acid groups (broad SMARTS) is 1. The first-order valence-electron chi connectivity index (χ1n) is 9.25. The van der Waals surface area contributed by atoms with Crippen molar-refractivity contribution in [1.82, 2.24) is 10.2 Å². The van der Waals surface area contributed by atoms with Crippen molar-refractivity contribution in [3.63, 3.8) is 0 Å². The number of fused-ring (bicyclic) bond motifs is 2. The molecule has 2 aliphatic rings. The Hall–Kier alpha value is -3.01. The molecular formula is C20H20N2O7S. The number of rotatable bonds is 5. The van der Waals surface area contributed by atoms with Crippen molar-refractivity contribution in [2.24, 2.45) is 0 Å². The highest BCUT2D eigenvalue weighted by Crippen LogP contribution is 2.50. The van der Waals surface area contributed by atoms with Gasteiger partial charge in [0, 0.05) is 22.3 Å². The summed E-state index contributed by atoms with van der Waals surface area (Å²) >= 11 is 1.35. The van der Waals surface area contributed by atoms with Crippen LogP contribution in [0.25, 0.3) is 11.0 Å². The molecule has 3 atom stereocenters. The van der Waals surface area contributed by atoms with Gasteiger partial charge in [-0.15, -0.1) is 11.8 Å². The normalized spacial score (nSPS) is 24.3. The topological polar surface area (TPSA) is 126 Å². The number of carbonyl (C=O) groups is 3. The molecule has 158 valence electrons. The summed E-state index contributed by atoms with van der Waals surface area (Å²) in [5.74, 6) is -1.40. The van der Waals surface area contributed by atoms with Crippen LogP contribution < -0.4 is 15.7 Å². The molecule has 1 aromatic heterocycles. The van der Waals surface area contributed by atoms with Crippen LogP contribution >= 0.6 is 11.8 Å². The van der Waals surface area contributed by atoms with E-state index < -0.39 is 45.6 Å². The van der Waals surface area contributed by atoms with Crippen LogP contribution in [0.15, 0.2) is 33.5 Å². The third-order valence-corrected chi connectivity index (χ3v) is 6.95. The van der Waals surface area contributed by atoms with Crippen molar-refractivity contribution in [2.75, 3.05) is 7.11 Å². The molecule has 1 aromatic carbocycles. The average molecular weight is 432 g/mol. The lowest BCUT2D eigenvalue weighted by Crippen LogP contribution is -2.70. The number of methoxy groups -OCH3 is 1. The monoisotopic (exact) mass is 432 g/mol. The molecule has 0 radical (unpaired) electrons. The standard InChI is InChI=1S/C20H20N2O7S/c1-20(2)16(19(26)27)22-17(25)15(18(22)30-20)21-13(23)6-9-7-14(24)29-12-8-10(28-3)4-5-11(9)12/h4-5,7-8,15-16,18H,6H2,1-3H3,(H,21,23)(H,26,27). The molecular weight excluding hydrogens is 412 g/mol. The zero-order valence-corrected chi connectivity index (χ0v) is 17.3. The van der Waals surface area contributed by atoms with Gasteiger partial charge in [0.1, 0.15) is 28.8 Å². The number of amides is 2. The summed E-state index contributed by atoms with van der Waals surface area (Å²) < 4.78 is 9.64. The summed E-state index contributed by atoms with van der Waals surface area (Å²) in [5, 5.41) is 12.3. The molecule has 9 nitrogen and oxygen atoms in total. The van der Waals surface area contributed by atoms with Gasteiger partial charge in [0.2, 0.25) is 11.8 Å². The molecule has 2 amide bonds. The summed E-state index contributed by atoms with van der Waals surface area (Å²) in [4.78, 5) is 50.0. The molecule has 2 fully saturated rings. The minimum Gasteiger partial charge on any atom is -0.497 e. The number of nitrogens with zero attached hydrogens (tertiary/aromatic N) is 1. The molecule has 3 unspecified atom stereocenters. The van der Waals surface area contributed by atoms with E-state index in [2.05, 4.69) is 5.32 Å². The second-order valence-electron chi connectivity index (χ2n) is 7.77. The maximum Gasteiger partial charge on any atom is 0.336 e. The van der Waals surface area contributed by atoms with Crippen molar-refractivity contribution in [3.8, 4) is 5.75 Å². The Kier molecular flexibility index (Phi) is 4.76. The van der Waals surface area contributed by atoms with E-state index in [1.807, 2.05) is 0 Å². The van der Waals surface area contributed by atoms with Crippen molar-refractivity contribution in [2.45, 2.75) is 42.5 Å². The second-order valence-corrected chi connectivity index (χ2v) is 9.54. The molecule has 2 aromatic rings. The number of ether oxygens (including phenoxy) is 1. The van der Waals surface area contributed by atoms with E-state index in [9.17, 15) is 24.3 Å². The van der Waals surface area contributed by atoms with Gasteiger partial charge in [0.25, 0.3) is 0 Å². The lowest BCUT2D eigenvalue weighted by Gasteiger charge is -2.43. The zero-order chi connectivity index (χ0) is 21.8. The lowest BCUT2D eigenvalue weighted by molar-refractivity contribution is -0.161. The van der Waals surface area contributed by atoms with Crippen molar-refractivity contribution >= 4 is 40.5 Å². The number of β-lactam (4-membered cyclic amide) rings is 1. The van der Waals surface area contributed by atoms with E-state index in [-0.39, 0.29) is 6.42 Å². The molecule has 0 saturated carbocycles. The van der Waals surface area contributed by atoms with Crippen molar-refractivity contribution in [1.29, 1.82) is 0 Å². The Morgan fingerprint density at radius 2 is 2.03 bits per heavy atom. The molecule has 30 heavy (non-hydrogen) atoms. The Labute approximate surface area is 175 Å². The number of aliphatic carboxylic acids is 1. The van der Waals surface area contributed by atoms with Gasteiger partial charge < -0.3 is 24.5 Å². The summed E-state index contributed by atoms with van der Waals surface area (Å²) in [7, 11) is 1.49. The number of thioether (sulfide) groups is 1. The molecule has 0 bridgehead atoms. The molecule has 2 N–H and O–H groups in total. The fraction of sp³-hybridized carbons (Fsp3) is 0.400. The van der Waals surface area contributed by atoms with Gasteiger partial charge in [0.05, 0.1) is 13.5 Å². The van der Waals surface area contributed by atoms with E-state index in [0.29, 0.717) is 22.3 Å². The highest BCUT2D eigenvalue weighted by molar-refractivity contribution is 8.01. The molecule has 0 aliphatic carbocycles. The highest BCUT2D eigenvalue weighted by atomic mass is 32.2. The van der Waals surface area contributed by atoms with Crippen LogP contribution in [0.4, 0.5) is 0 Å². The van der Waals surface area contributed by atoms with Crippen LogP contribution in [0.2, 0.25) is 0 Å². The minimum absolute atomic E-state index is 0.124. The van der Waals surface area contributed by atoms with Gasteiger partial charge in [-0.1, -0.05) is 0 Å². The first-order valence-corrected chi connectivity index (χ1v) is 10.1. The van der Waals surface area contributed by atoms with E-state index in [4.69, 9.17) is 9.15 Å². The first kappa shape index (κ1) is 20.3. The Balaban J connectivity index is 1.52. The van der Waals surface area contributed by atoms with Gasteiger partial charge in [-0.3, -0.25) is 9.59 Å². The predicted octanol–water partition coefficient (Wildman–Crippen LogP) is 0.976. The van der Waals surface area contributed by atoms with E-state index in [1.165, 1.54) is 29.8 Å². The molecule has 2 aliphatic heterocycles. The highest BCUT2D eigenvalue weighted by Gasteiger charge is 2.64. The Bertz CT molecular complexity index is 1130. The largest absolute Gasteiger partial charge is 0.497 e. The summed E-state index contributed by atoms with van der Waals surface area (Å²) in [5.41, 5.74) is 0.169. The van der Waals surface area contributed by atoms with Crippen LogP contribution in [-0.4, -0.2) is 57.1 Å². The predicted molar refractivity (Wildman–Crippen MR) is 108 cm³/mol. The summed E-state index contributed by atoms with van der Waals surface area (Å²) in [6, 6.07) is 4.47. The zero-order valence-electron chi connectivity index (χ0n) is 16.5. The van der Waals surface area contributed by atoms with Crippen molar-refractivity contribution in [3.05, 3.63) is 40.2 Å². The first-order chi connectivity index (χ1) is 14.1. The van der Waals surface area contributed by atoms with Crippen LogP contribution in [0, 0.1) is 0 Å². The van der Waals surface area contributed by atoms with Gasteiger partial charge in [-0.2, -0.15) is 0 Å². The minimum atomic E-state index is -1.06. The van der Waals surface area contributed by atoms with Crippen LogP contribution in [0.1, 0.15) is 19.4 Å². The third-order valence-electron chi connectivity index (χ3n) is 5.38. The number of benzene rings is 1. The van der Waals surface area contributed by atoms with E-state index in [1.54, 1.807) is 32.0 Å². The number of hydrogen-bond donors (Lipinski definition) is 2. The third kappa shape index (κ3) is 3.20. The number of hydrogen-bond acceptors (Lipinski definition) is 7. The second kappa shape index (κ2) is 7.05. The number of carboxylic acids is 1. The fourth-order valence-corrected chi connectivity index (χ4v) is 5.65. The number of carbonyl (C=O) groups excluding carboxylic acids is 2. The summed E-state index contributed by atoms with van der Waals surface area (Å²) in [6.45, 7) is 3.54. The smallest absolute Gasteiger partial charge is 0.336 e.